The Labute approximate surface area is 146 Å². The third-order valence-corrected chi connectivity index (χ3v) is 3.98. The number of likely N-dealkylation sites (tertiary alicyclic amines) is 1. The molecule has 0 saturated carbocycles. The number of hydrogen-bond acceptors (Lipinski definition) is 6. The molecular weight excluding hydrogens is 326 g/mol. The third-order valence-electron chi connectivity index (χ3n) is 3.98. The van der Waals surface area contributed by atoms with Crippen LogP contribution in [0.3, 0.4) is 0 Å². The van der Waals surface area contributed by atoms with Gasteiger partial charge in [-0.2, -0.15) is 0 Å². The van der Waals surface area contributed by atoms with Crippen molar-refractivity contribution in [2.75, 3.05) is 25.0 Å². The van der Waals surface area contributed by atoms with Crippen LogP contribution in [-0.2, 0) is 9.47 Å². The van der Waals surface area contributed by atoms with Gasteiger partial charge in [0.1, 0.15) is 23.3 Å². The van der Waals surface area contributed by atoms with Gasteiger partial charge in [-0.25, -0.2) is 19.6 Å². The van der Waals surface area contributed by atoms with E-state index in [9.17, 15) is 9.59 Å². The van der Waals surface area contributed by atoms with E-state index < -0.39 is 5.60 Å². The van der Waals surface area contributed by atoms with Crippen LogP contribution < -0.4 is 10.6 Å². The Morgan fingerprint density at radius 1 is 1.40 bits per heavy atom. The number of amides is 3. The molecule has 25 heavy (non-hydrogen) atoms. The minimum absolute atomic E-state index is 0.109. The van der Waals surface area contributed by atoms with E-state index in [2.05, 4.69) is 20.6 Å². The molecule has 1 aromatic rings. The number of aromatic nitrogens is 2. The van der Waals surface area contributed by atoms with E-state index in [1.54, 1.807) is 17.2 Å². The van der Waals surface area contributed by atoms with E-state index in [0.29, 0.717) is 31.9 Å². The quantitative estimate of drug-likeness (QED) is 0.835. The Morgan fingerprint density at radius 3 is 2.80 bits per heavy atom. The molecule has 2 aliphatic rings. The van der Waals surface area contributed by atoms with Gasteiger partial charge in [-0.3, -0.25) is 5.32 Å². The van der Waals surface area contributed by atoms with Crippen molar-refractivity contribution in [1.29, 1.82) is 0 Å². The Balaban J connectivity index is 1.44. The zero-order valence-electron chi connectivity index (χ0n) is 14.6. The van der Waals surface area contributed by atoms with Crippen molar-refractivity contribution in [3.63, 3.8) is 0 Å². The molecule has 1 atom stereocenters. The van der Waals surface area contributed by atoms with Gasteiger partial charge in [-0.05, 0) is 26.8 Å². The fraction of sp³-hybridized carbons (Fsp3) is 0.625. The van der Waals surface area contributed by atoms with Crippen molar-refractivity contribution >= 4 is 17.9 Å². The zero-order chi connectivity index (χ0) is 18.1. The van der Waals surface area contributed by atoms with Crippen molar-refractivity contribution < 1.29 is 19.1 Å². The second-order valence-corrected chi connectivity index (χ2v) is 7.42. The molecule has 136 valence electrons. The maximum atomic E-state index is 12.0. The van der Waals surface area contributed by atoms with Gasteiger partial charge in [-0.1, -0.05) is 0 Å². The summed E-state index contributed by atoms with van der Waals surface area (Å²) in [6.07, 6.45) is 3.24. The monoisotopic (exact) mass is 349 g/mol. The molecule has 2 aliphatic heterocycles. The number of rotatable bonds is 2. The number of carbonyl (C=O) groups excluding carboxylic acids is 2. The lowest BCUT2D eigenvalue weighted by atomic mass is 9.90. The maximum Gasteiger partial charge on any atom is 0.410 e. The summed E-state index contributed by atoms with van der Waals surface area (Å²) in [5.74, 6) is 0.431. The van der Waals surface area contributed by atoms with E-state index >= 15 is 0 Å². The van der Waals surface area contributed by atoms with Gasteiger partial charge in [0.15, 0.2) is 0 Å². The molecular formula is C16H23N5O4. The van der Waals surface area contributed by atoms with Crippen LogP contribution in [-0.4, -0.2) is 63.9 Å². The average molecular weight is 349 g/mol. The smallest absolute Gasteiger partial charge is 0.410 e. The summed E-state index contributed by atoms with van der Waals surface area (Å²) in [5, 5.41) is 5.51. The lowest BCUT2D eigenvalue weighted by Gasteiger charge is -2.46. The van der Waals surface area contributed by atoms with E-state index in [1.807, 2.05) is 20.8 Å². The predicted molar refractivity (Wildman–Crippen MR) is 89.1 cm³/mol. The molecule has 3 heterocycles. The summed E-state index contributed by atoms with van der Waals surface area (Å²) in [6, 6.07) is 1.16. The van der Waals surface area contributed by atoms with Crippen LogP contribution in [0.1, 0.15) is 27.2 Å². The molecule has 1 spiro atoms. The van der Waals surface area contributed by atoms with Gasteiger partial charge in [0.25, 0.3) is 0 Å². The number of carbonyl (C=O) groups is 2. The highest BCUT2D eigenvalue weighted by atomic mass is 16.6. The van der Waals surface area contributed by atoms with Gasteiger partial charge >= 0.3 is 12.1 Å². The van der Waals surface area contributed by atoms with Crippen molar-refractivity contribution in [2.45, 2.75) is 44.4 Å². The Hall–Kier alpha value is -2.42. The summed E-state index contributed by atoms with van der Waals surface area (Å²) >= 11 is 0. The Kier molecular flexibility index (Phi) is 4.51. The third kappa shape index (κ3) is 4.36. The Bertz CT molecular complexity index is 640. The molecule has 2 N–H and O–H groups in total. The summed E-state index contributed by atoms with van der Waals surface area (Å²) in [4.78, 5) is 33.3. The number of nitrogens with zero attached hydrogens (tertiary/aromatic N) is 3. The van der Waals surface area contributed by atoms with E-state index in [-0.39, 0.29) is 23.8 Å². The first kappa shape index (κ1) is 17.4. The standard InChI is InChI=1S/C16H23N5O4/c1-15(2,3)25-14(23)21-8-16(9-21)6-11(7-24-16)19-13(22)20-12-4-5-17-10-18-12/h4-5,10-11H,6-9H2,1-3H3,(H2,17,18,19,20,22). The molecule has 0 aromatic carbocycles. The first-order chi connectivity index (χ1) is 11.7. The van der Waals surface area contributed by atoms with E-state index in [1.165, 1.54) is 6.33 Å². The summed E-state index contributed by atoms with van der Waals surface area (Å²) in [7, 11) is 0. The molecule has 0 bridgehead atoms. The lowest BCUT2D eigenvalue weighted by molar-refractivity contribution is -0.109. The molecule has 3 amide bonds. The molecule has 2 fully saturated rings. The first-order valence-electron chi connectivity index (χ1n) is 8.20. The van der Waals surface area contributed by atoms with E-state index in [4.69, 9.17) is 9.47 Å². The average Bonchev–Trinajstić information content (AvgIpc) is 2.89. The molecule has 1 aromatic heterocycles. The maximum absolute atomic E-state index is 12.0. The molecule has 9 heteroatoms. The highest BCUT2D eigenvalue weighted by molar-refractivity contribution is 5.88. The van der Waals surface area contributed by atoms with Crippen LogP contribution in [0.15, 0.2) is 18.6 Å². The van der Waals surface area contributed by atoms with Crippen molar-refractivity contribution in [3.8, 4) is 0 Å². The predicted octanol–water partition coefficient (Wildman–Crippen LogP) is 1.38. The SMILES string of the molecule is CC(C)(C)OC(=O)N1CC2(CC(NC(=O)Nc3ccncn3)CO2)C1. The summed E-state index contributed by atoms with van der Waals surface area (Å²) < 4.78 is 11.2. The van der Waals surface area contributed by atoms with Crippen LogP contribution in [0.25, 0.3) is 0 Å². The second-order valence-electron chi connectivity index (χ2n) is 7.42. The first-order valence-corrected chi connectivity index (χ1v) is 8.20. The fourth-order valence-electron chi connectivity index (χ4n) is 2.96. The lowest BCUT2D eigenvalue weighted by Crippen LogP contribution is -2.64. The van der Waals surface area contributed by atoms with Gasteiger partial charge in [0.2, 0.25) is 0 Å². The summed E-state index contributed by atoms with van der Waals surface area (Å²) in [5.41, 5.74) is -0.899. The van der Waals surface area contributed by atoms with Crippen molar-refractivity contribution in [1.82, 2.24) is 20.2 Å². The number of ether oxygens (including phenoxy) is 2. The number of urea groups is 1. The Morgan fingerprint density at radius 2 is 2.16 bits per heavy atom. The van der Waals surface area contributed by atoms with Gasteiger partial charge in [0, 0.05) is 12.6 Å². The molecule has 3 rings (SSSR count). The van der Waals surface area contributed by atoms with Crippen molar-refractivity contribution in [3.05, 3.63) is 18.6 Å². The van der Waals surface area contributed by atoms with E-state index in [0.717, 1.165) is 0 Å². The highest BCUT2D eigenvalue weighted by Gasteiger charge is 2.52. The summed E-state index contributed by atoms with van der Waals surface area (Å²) in [6.45, 7) is 6.88. The van der Waals surface area contributed by atoms with Gasteiger partial charge in [0.05, 0.1) is 25.7 Å². The molecule has 2 saturated heterocycles. The number of anilines is 1. The van der Waals surface area contributed by atoms with Crippen LogP contribution >= 0.6 is 0 Å². The number of hydrogen-bond donors (Lipinski definition) is 2. The molecule has 0 aliphatic carbocycles. The van der Waals surface area contributed by atoms with Crippen LogP contribution in [0, 0.1) is 0 Å². The zero-order valence-corrected chi connectivity index (χ0v) is 14.6. The van der Waals surface area contributed by atoms with Crippen LogP contribution in [0.2, 0.25) is 0 Å². The molecule has 0 radical (unpaired) electrons. The minimum atomic E-state index is -0.514. The van der Waals surface area contributed by atoms with Gasteiger partial charge < -0.3 is 19.7 Å². The highest BCUT2D eigenvalue weighted by Crippen LogP contribution is 2.35. The second kappa shape index (κ2) is 6.47. The van der Waals surface area contributed by atoms with Crippen LogP contribution in [0.5, 0.6) is 0 Å². The number of nitrogens with one attached hydrogen (secondary N) is 2. The fourth-order valence-corrected chi connectivity index (χ4v) is 2.96. The van der Waals surface area contributed by atoms with Crippen molar-refractivity contribution in [2.24, 2.45) is 0 Å². The topological polar surface area (TPSA) is 106 Å². The normalized spacial score (nSPS) is 21.6. The minimum Gasteiger partial charge on any atom is -0.444 e. The van der Waals surface area contributed by atoms with Crippen LogP contribution in [0.4, 0.5) is 15.4 Å². The largest absolute Gasteiger partial charge is 0.444 e. The molecule has 1 unspecified atom stereocenters. The van der Waals surface area contributed by atoms with Gasteiger partial charge in [-0.15, -0.1) is 0 Å². The molecule has 9 nitrogen and oxygen atoms in total.